The van der Waals surface area contributed by atoms with Gasteiger partial charge < -0.3 is 4.42 Å². The van der Waals surface area contributed by atoms with Gasteiger partial charge in [0.15, 0.2) is 0 Å². The van der Waals surface area contributed by atoms with Crippen molar-refractivity contribution in [1.82, 2.24) is 4.57 Å². The summed E-state index contributed by atoms with van der Waals surface area (Å²) in [5, 5.41) is 8.56. The van der Waals surface area contributed by atoms with Crippen molar-refractivity contribution in [3.63, 3.8) is 0 Å². The Labute approximate surface area is 117 Å². The number of aromatic nitrogens is 1. The summed E-state index contributed by atoms with van der Waals surface area (Å²) in [4.78, 5) is 24.3. The maximum Gasteiger partial charge on any atom is 0.426 e. The Morgan fingerprint density at radius 2 is 1.90 bits per heavy atom. The fourth-order valence-electron chi connectivity index (χ4n) is 2.07. The van der Waals surface area contributed by atoms with E-state index in [0.717, 1.165) is 6.07 Å². The molecule has 3 aromatic rings. The highest BCUT2D eigenvalue weighted by molar-refractivity contribution is 5.76. The zero-order valence-electron chi connectivity index (χ0n) is 10.5. The average molecular weight is 282 g/mol. The maximum absolute atomic E-state index is 13.8. The molecule has 102 valence electrons. The normalized spacial score (nSPS) is 10.5. The summed E-state index contributed by atoms with van der Waals surface area (Å²) in [6, 6.07) is 11.6. The number of nitrogens with zero attached hydrogens (tertiary/aromatic N) is 2. The predicted molar refractivity (Wildman–Crippen MR) is 72.8 cm³/mol. The van der Waals surface area contributed by atoms with E-state index in [1.165, 1.54) is 36.4 Å². The topological polar surface area (TPSA) is 76.0 Å². The van der Waals surface area contributed by atoms with Crippen molar-refractivity contribution in [3.05, 3.63) is 74.7 Å². The van der Waals surface area contributed by atoms with Gasteiger partial charge in [-0.15, -0.1) is 0 Å². The van der Waals surface area contributed by atoms with Crippen LogP contribution in [0.15, 0.2) is 56.5 Å². The van der Waals surface area contributed by atoms with Crippen LogP contribution in [0.2, 0.25) is 0 Å². The highest BCUT2D eigenvalue weighted by atomic mass is 19.1. The molecule has 0 radical (unpaired) electrons. The number of hydrogen-bond donors (Lipinski definition) is 0. The van der Waals surface area contributed by atoms with Gasteiger partial charge in [-0.05, 0) is 30.3 Å². The van der Waals surface area contributed by atoms with Crippen LogP contribution in [0.1, 0.15) is 5.56 Å². The van der Waals surface area contributed by atoms with Crippen LogP contribution in [0.5, 0.6) is 0 Å². The summed E-state index contributed by atoms with van der Waals surface area (Å²) >= 11 is 0. The maximum atomic E-state index is 13.8. The van der Waals surface area contributed by atoms with Crippen molar-refractivity contribution in [1.29, 1.82) is 5.26 Å². The first-order chi connectivity index (χ1) is 10.1. The van der Waals surface area contributed by atoms with E-state index in [-0.39, 0.29) is 22.2 Å². The van der Waals surface area contributed by atoms with Gasteiger partial charge in [-0.25, -0.2) is 13.8 Å². The quantitative estimate of drug-likeness (QED) is 0.683. The Morgan fingerprint density at radius 1 is 1.14 bits per heavy atom. The summed E-state index contributed by atoms with van der Waals surface area (Å²) < 4.78 is 19.5. The highest BCUT2D eigenvalue weighted by Crippen LogP contribution is 2.13. The molecule has 0 aliphatic carbocycles. The fourth-order valence-corrected chi connectivity index (χ4v) is 2.07. The smallest absolute Gasteiger partial charge is 0.409 e. The van der Waals surface area contributed by atoms with Gasteiger partial charge in [0, 0.05) is 0 Å². The van der Waals surface area contributed by atoms with Crippen molar-refractivity contribution < 1.29 is 8.81 Å². The minimum atomic E-state index is -0.937. The van der Waals surface area contributed by atoms with Crippen molar-refractivity contribution in [2.45, 2.75) is 0 Å². The van der Waals surface area contributed by atoms with Crippen molar-refractivity contribution >= 4 is 11.0 Å². The molecule has 0 saturated carbocycles. The van der Waals surface area contributed by atoms with Crippen LogP contribution in [0.25, 0.3) is 16.7 Å². The molecular formula is C15H7FN2O3. The van der Waals surface area contributed by atoms with Crippen LogP contribution >= 0.6 is 0 Å². The SMILES string of the molecule is N#Cc1cccc(-n2c(=O)oc3cccc(F)c3c2=O)c1. The molecule has 0 aliphatic heterocycles. The first-order valence-corrected chi connectivity index (χ1v) is 5.97. The van der Waals surface area contributed by atoms with Crippen LogP contribution in [-0.2, 0) is 0 Å². The van der Waals surface area contributed by atoms with Crippen LogP contribution in [0.4, 0.5) is 4.39 Å². The lowest BCUT2D eigenvalue weighted by Crippen LogP contribution is -2.31. The number of hydrogen-bond acceptors (Lipinski definition) is 4. The molecule has 1 heterocycles. The summed E-state index contributed by atoms with van der Waals surface area (Å²) in [6.45, 7) is 0. The molecule has 0 saturated heterocycles. The van der Waals surface area contributed by atoms with Gasteiger partial charge in [-0.3, -0.25) is 4.79 Å². The molecule has 21 heavy (non-hydrogen) atoms. The minimum absolute atomic E-state index is 0.113. The zero-order chi connectivity index (χ0) is 15.0. The number of rotatable bonds is 1. The summed E-state index contributed by atoms with van der Waals surface area (Å²) in [6.07, 6.45) is 0. The van der Waals surface area contributed by atoms with Gasteiger partial charge in [-0.2, -0.15) is 5.26 Å². The molecule has 1 aromatic heterocycles. The Balaban J connectivity index is 2.44. The third kappa shape index (κ3) is 2.01. The van der Waals surface area contributed by atoms with Crippen molar-refractivity contribution in [2.24, 2.45) is 0 Å². The lowest BCUT2D eigenvalue weighted by Gasteiger charge is -2.05. The largest absolute Gasteiger partial charge is 0.426 e. The van der Waals surface area contributed by atoms with E-state index in [2.05, 4.69) is 0 Å². The van der Waals surface area contributed by atoms with Gasteiger partial charge >= 0.3 is 5.76 Å². The zero-order valence-corrected chi connectivity index (χ0v) is 10.5. The molecule has 3 rings (SSSR count). The summed E-state index contributed by atoms with van der Waals surface area (Å²) in [5.74, 6) is -1.71. The van der Waals surface area contributed by atoms with Gasteiger partial charge in [0.1, 0.15) is 16.8 Å². The van der Waals surface area contributed by atoms with E-state index in [0.29, 0.717) is 4.57 Å². The number of halogens is 1. The van der Waals surface area contributed by atoms with Crippen molar-refractivity contribution in [3.8, 4) is 11.8 Å². The number of nitriles is 1. The molecule has 0 fully saturated rings. The second kappa shape index (κ2) is 4.72. The lowest BCUT2D eigenvalue weighted by atomic mass is 10.2. The van der Waals surface area contributed by atoms with E-state index in [1.807, 2.05) is 6.07 Å². The Hall–Kier alpha value is -3.20. The van der Waals surface area contributed by atoms with E-state index >= 15 is 0 Å². The Morgan fingerprint density at radius 3 is 2.67 bits per heavy atom. The highest BCUT2D eigenvalue weighted by Gasteiger charge is 2.14. The van der Waals surface area contributed by atoms with Crippen LogP contribution in [0.3, 0.4) is 0 Å². The van der Waals surface area contributed by atoms with Gasteiger partial charge in [-0.1, -0.05) is 12.1 Å². The molecule has 6 heteroatoms. The van der Waals surface area contributed by atoms with Crippen LogP contribution < -0.4 is 11.3 Å². The summed E-state index contributed by atoms with van der Waals surface area (Å²) in [5.41, 5.74) is -0.516. The van der Waals surface area contributed by atoms with E-state index < -0.39 is 17.1 Å². The van der Waals surface area contributed by atoms with Gasteiger partial charge in [0.2, 0.25) is 0 Å². The molecule has 0 amide bonds. The standard InChI is InChI=1S/C15H7FN2O3/c16-11-5-2-6-12-13(11)14(19)18(15(20)21-12)10-4-1-3-9(7-10)8-17/h1-7H. The van der Waals surface area contributed by atoms with Gasteiger partial charge in [0.05, 0.1) is 17.3 Å². The number of fused-ring (bicyclic) bond motifs is 1. The second-order valence-corrected chi connectivity index (χ2v) is 4.28. The molecule has 0 atom stereocenters. The molecule has 5 nitrogen and oxygen atoms in total. The van der Waals surface area contributed by atoms with Crippen LogP contribution in [0, 0.1) is 17.1 Å². The first-order valence-electron chi connectivity index (χ1n) is 5.97. The van der Waals surface area contributed by atoms with Crippen LogP contribution in [-0.4, -0.2) is 4.57 Å². The molecule has 0 bridgehead atoms. The molecule has 0 aliphatic rings. The number of benzene rings is 2. The Kier molecular flexibility index (Phi) is 2.88. The molecule has 0 unspecified atom stereocenters. The van der Waals surface area contributed by atoms with Gasteiger partial charge in [0.25, 0.3) is 5.56 Å². The molecule has 2 aromatic carbocycles. The molecule has 0 N–H and O–H groups in total. The first kappa shape index (κ1) is 12.8. The molecular weight excluding hydrogens is 275 g/mol. The average Bonchev–Trinajstić information content (AvgIpc) is 2.47. The van der Waals surface area contributed by atoms with E-state index in [9.17, 15) is 14.0 Å². The van der Waals surface area contributed by atoms with E-state index in [1.54, 1.807) is 0 Å². The Bertz CT molecular complexity index is 1010. The summed E-state index contributed by atoms with van der Waals surface area (Å²) in [7, 11) is 0. The van der Waals surface area contributed by atoms with E-state index in [4.69, 9.17) is 9.68 Å². The monoisotopic (exact) mass is 282 g/mol. The molecule has 0 spiro atoms. The predicted octanol–water partition coefficient (Wildman–Crippen LogP) is 1.95. The third-order valence-corrected chi connectivity index (χ3v) is 3.01. The second-order valence-electron chi connectivity index (χ2n) is 4.28. The minimum Gasteiger partial charge on any atom is -0.409 e. The fraction of sp³-hybridized carbons (Fsp3) is 0. The van der Waals surface area contributed by atoms with Crippen molar-refractivity contribution in [2.75, 3.05) is 0 Å². The lowest BCUT2D eigenvalue weighted by molar-refractivity contribution is 0.500. The third-order valence-electron chi connectivity index (χ3n) is 3.01.